The summed E-state index contributed by atoms with van der Waals surface area (Å²) in [5, 5.41) is 11.6. The highest BCUT2D eigenvalue weighted by Gasteiger charge is 2.54. The zero-order chi connectivity index (χ0) is 46.6. The lowest BCUT2D eigenvalue weighted by atomic mass is 9.54. The van der Waals surface area contributed by atoms with Crippen LogP contribution in [-0.2, 0) is 0 Å². The Morgan fingerprint density at radius 2 is 1.25 bits per heavy atom. The van der Waals surface area contributed by atoms with E-state index in [1.54, 1.807) is 57.8 Å². The van der Waals surface area contributed by atoms with Gasteiger partial charge >= 0.3 is 0 Å². The molecule has 378 valence electrons. The summed E-state index contributed by atoms with van der Waals surface area (Å²) >= 11 is 0. The Morgan fingerprint density at radius 3 is 1.82 bits per heavy atom. The quantitative estimate of drug-likeness (QED) is 0.108. The van der Waals surface area contributed by atoms with E-state index in [2.05, 4.69) is 83.1 Å². The van der Waals surface area contributed by atoms with Crippen molar-refractivity contribution in [2.45, 2.75) is 275 Å². The van der Waals surface area contributed by atoms with Crippen molar-refractivity contribution in [2.24, 2.45) is 129 Å². The highest BCUT2D eigenvalue weighted by atomic mass is 16.3. The first-order valence-corrected chi connectivity index (χ1v) is 30.7. The number of rotatable bonds is 23. The number of hydrogen-bond acceptors (Lipinski definition) is 1. The number of aliphatic hydroxyl groups is 1. The van der Waals surface area contributed by atoms with Crippen molar-refractivity contribution in [1.29, 1.82) is 0 Å². The molecular weight excluding hydrogens is 785 g/mol. The first kappa shape index (κ1) is 52.8. The standard InChI is InChI=1S/C64H116O/c1-13-42(4)56(28-31-62(65)45(7)35-50-18-22-55(23-19-50)60-37-49(14-2)34-44(60)6)36-43(5)52-20-16-51(17-21-52)38-61-47(9)57(39-59(48(61)10)46(8)40-63(11,12)15-3)41-64(32-33-64)58-29-26-54(27-30-58)53-24-25-53/h42-62,65H,13-41H2,1-12H3. The van der Waals surface area contributed by atoms with Crippen LogP contribution >= 0.6 is 0 Å². The van der Waals surface area contributed by atoms with Crippen LogP contribution < -0.4 is 0 Å². The molecule has 7 rings (SSSR count). The maximum Gasteiger partial charge on any atom is 0.0566 e. The third-order valence-electron chi connectivity index (χ3n) is 24.1. The van der Waals surface area contributed by atoms with Crippen LogP contribution in [0.5, 0.6) is 0 Å². The minimum Gasteiger partial charge on any atom is -0.393 e. The van der Waals surface area contributed by atoms with E-state index < -0.39 is 0 Å². The van der Waals surface area contributed by atoms with E-state index in [0.29, 0.717) is 11.3 Å². The van der Waals surface area contributed by atoms with Gasteiger partial charge < -0.3 is 5.11 Å². The van der Waals surface area contributed by atoms with E-state index >= 15 is 0 Å². The van der Waals surface area contributed by atoms with Gasteiger partial charge in [0.2, 0.25) is 0 Å². The van der Waals surface area contributed by atoms with E-state index in [1.807, 2.05) is 0 Å². The van der Waals surface area contributed by atoms with Crippen LogP contribution in [-0.4, -0.2) is 11.2 Å². The summed E-state index contributed by atoms with van der Waals surface area (Å²) in [7, 11) is 0. The third-order valence-corrected chi connectivity index (χ3v) is 24.1. The average Bonchev–Trinajstić information content (AvgIpc) is 4.25. The Hall–Kier alpha value is -0.0400. The summed E-state index contributed by atoms with van der Waals surface area (Å²) < 4.78 is 0. The van der Waals surface area contributed by atoms with Gasteiger partial charge in [0.25, 0.3) is 0 Å². The van der Waals surface area contributed by atoms with Gasteiger partial charge in [0, 0.05) is 0 Å². The summed E-state index contributed by atoms with van der Waals surface area (Å²) in [6.07, 6.45) is 42.2. The largest absolute Gasteiger partial charge is 0.393 e. The fourth-order valence-corrected chi connectivity index (χ4v) is 18.4. The molecule has 14 unspecified atom stereocenters. The predicted octanol–water partition coefficient (Wildman–Crippen LogP) is 19.3. The van der Waals surface area contributed by atoms with Crippen LogP contribution in [0.1, 0.15) is 269 Å². The number of aliphatic hydroxyl groups excluding tert-OH is 1. The van der Waals surface area contributed by atoms with Crippen molar-refractivity contribution in [3.05, 3.63) is 0 Å². The molecule has 7 aliphatic carbocycles. The molecule has 0 aromatic heterocycles. The fourth-order valence-electron chi connectivity index (χ4n) is 18.4. The first-order valence-electron chi connectivity index (χ1n) is 30.7. The minimum absolute atomic E-state index is 0.114. The Bertz CT molecular complexity index is 1360. The van der Waals surface area contributed by atoms with Crippen molar-refractivity contribution >= 4 is 0 Å². The molecule has 1 nitrogen and oxygen atoms in total. The van der Waals surface area contributed by atoms with Crippen molar-refractivity contribution in [2.75, 3.05) is 0 Å². The molecule has 0 bridgehead atoms. The monoisotopic (exact) mass is 901 g/mol. The molecule has 7 saturated carbocycles. The molecule has 0 aromatic carbocycles. The van der Waals surface area contributed by atoms with Gasteiger partial charge in [-0.25, -0.2) is 0 Å². The van der Waals surface area contributed by atoms with E-state index in [4.69, 9.17) is 0 Å². The second-order valence-corrected chi connectivity index (χ2v) is 28.7. The molecule has 7 fully saturated rings. The lowest BCUT2D eigenvalue weighted by Crippen LogP contribution is -2.43. The second kappa shape index (κ2) is 23.5. The molecule has 0 aliphatic heterocycles. The molecule has 0 radical (unpaired) electrons. The van der Waals surface area contributed by atoms with Crippen molar-refractivity contribution in [3.63, 3.8) is 0 Å². The van der Waals surface area contributed by atoms with Gasteiger partial charge in [0.15, 0.2) is 0 Å². The predicted molar refractivity (Wildman–Crippen MR) is 283 cm³/mol. The Balaban J connectivity index is 0.882. The highest BCUT2D eigenvalue weighted by Crippen LogP contribution is 2.64. The first-order chi connectivity index (χ1) is 31.0. The zero-order valence-corrected chi connectivity index (χ0v) is 46.1. The second-order valence-electron chi connectivity index (χ2n) is 28.7. The lowest BCUT2D eigenvalue weighted by molar-refractivity contribution is -0.0152. The van der Waals surface area contributed by atoms with E-state index in [9.17, 15) is 5.11 Å². The van der Waals surface area contributed by atoms with E-state index in [-0.39, 0.29) is 6.10 Å². The van der Waals surface area contributed by atoms with Crippen LogP contribution in [0.25, 0.3) is 0 Å². The Morgan fingerprint density at radius 1 is 0.631 bits per heavy atom. The van der Waals surface area contributed by atoms with Gasteiger partial charge in [-0.15, -0.1) is 0 Å². The summed E-state index contributed by atoms with van der Waals surface area (Å²) in [5.74, 6) is 18.2. The van der Waals surface area contributed by atoms with Gasteiger partial charge in [-0.2, -0.15) is 0 Å². The summed E-state index contributed by atoms with van der Waals surface area (Å²) in [4.78, 5) is 0. The number of hydrogen-bond donors (Lipinski definition) is 1. The SMILES string of the molecule is CCC1CC(C)C(C2CCC(CC(C)C(O)CCC(CC(C)C3CCC(CC4C(C)C(CC5(C6CCC(C7CC7)CC6)CC5)CC(C(C)CC(C)(C)CC)C4C)CC3)C(C)CC)CC2)C1. The maximum atomic E-state index is 11.6. The van der Waals surface area contributed by atoms with Crippen LogP contribution in [0.2, 0.25) is 0 Å². The van der Waals surface area contributed by atoms with Crippen LogP contribution in [0.4, 0.5) is 0 Å². The van der Waals surface area contributed by atoms with Crippen molar-refractivity contribution < 1.29 is 5.11 Å². The lowest BCUT2D eigenvalue weighted by Gasteiger charge is -2.51. The Labute approximate surface area is 407 Å². The van der Waals surface area contributed by atoms with Gasteiger partial charge in [-0.05, 0) is 270 Å². The molecule has 1 heteroatoms. The fraction of sp³-hybridized carbons (Fsp3) is 1.00. The maximum absolute atomic E-state index is 11.6. The highest BCUT2D eigenvalue weighted by molar-refractivity contribution is 5.04. The topological polar surface area (TPSA) is 20.2 Å². The molecule has 65 heavy (non-hydrogen) atoms. The molecule has 0 heterocycles. The molecule has 0 amide bonds. The molecular formula is C64H116O. The van der Waals surface area contributed by atoms with Gasteiger partial charge in [0.05, 0.1) is 6.10 Å². The molecule has 14 atom stereocenters. The van der Waals surface area contributed by atoms with Gasteiger partial charge in [0.1, 0.15) is 0 Å². The molecule has 0 saturated heterocycles. The van der Waals surface area contributed by atoms with E-state index in [1.165, 1.54) is 122 Å². The molecule has 0 spiro atoms. The van der Waals surface area contributed by atoms with Gasteiger partial charge in [-0.3, -0.25) is 0 Å². The zero-order valence-electron chi connectivity index (χ0n) is 46.1. The van der Waals surface area contributed by atoms with Crippen LogP contribution in [0.3, 0.4) is 0 Å². The molecule has 0 aromatic rings. The molecule has 7 aliphatic rings. The van der Waals surface area contributed by atoms with Crippen LogP contribution in [0, 0.1) is 129 Å². The third kappa shape index (κ3) is 13.7. The summed E-state index contributed by atoms with van der Waals surface area (Å²) in [5.41, 5.74) is 1.20. The summed E-state index contributed by atoms with van der Waals surface area (Å²) in [6, 6.07) is 0. The Kier molecular flexibility index (Phi) is 19.0. The summed E-state index contributed by atoms with van der Waals surface area (Å²) in [6.45, 7) is 30.8. The van der Waals surface area contributed by atoms with Crippen molar-refractivity contribution in [1.82, 2.24) is 0 Å². The van der Waals surface area contributed by atoms with Crippen molar-refractivity contribution in [3.8, 4) is 0 Å². The smallest absolute Gasteiger partial charge is 0.0566 e. The molecule has 1 N–H and O–H groups in total. The normalized spacial score (nSPS) is 40.8. The minimum atomic E-state index is -0.114. The van der Waals surface area contributed by atoms with Gasteiger partial charge in [-0.1, -0.05) is 128 Å². The average molecular weight is 902 g/mol. The van der Waals surface area contributed by atoms with E-state index in [0.717, 1.165) is 124 Å². The van der Waals surface area contributed by atoms with Crippen LogP contribution in [0.15, 0.2) is 0 Å².